The molecule has 0 spiro atoms. The number of urea groups is 1. The number of anilines is 2. The van der Waals surface area contributed by atoms with Gasteiger partial charge in [-0.05, 0) is 61.4 Å². The molecule has 0 aromatic heterocycles. The highest BCUT2D eigenvalue weighted by atomic mass is 16.5. The van der Waals surface area contributed by atoms with Crippen molar-refractivity contribution in [3.05, 3.63) is 48.5 Å². The summed E-state index contributed by atoms with van der Waals surface area (Å²) in [6, 6.07) is 14.0. The molecule has 2 rings (SSSR count). The van der Waals surface area contributed by atoms with Gasteiger partial charge in [-0.2, -0.15) is 0 Å². The molecule has 0 aliphatic heterocycles. The van der Waals surface area contributed by atoms with Crippen LogP contribution in [0.25, 0.3) is 0 Å². The third kappa shape index (κ3) is 6.80. The number of carbonyl (C=O) groups excluding carboxylic acids is 1. The van der Waals surface area contributed by atoms with Crippen LogP contribution in [-0.4, -0.2) is 37.2 Å². The molecule has 7 heteroatoms. The minimum absolute atomic E-state index is 0.440. The van der Waals surface area contributed by atoms with Gasteiger partial charge in [-0.3, -0.25) is 0 Å². The van der Waals surface area contributed by atoms with E-state index in [0.29, 0.717) is 50.5 Å². The highest BCUT2D eigenvalue weighted by Crippen LogP contribution is 2.14. The first-order valence-corrected chi connectivity index (χ1v) is 8.55. The zero-order chi connectivity index (χ0) is 18.8. The van der Waals surface area contributed by atoms with Gasteiger partial charge in [0.2, 0.25) is 0 Å². The van der Waals surface area contributed by atoms with E-state index in [1.54, 1.807) is 29.2 Å². The van der Waals surface area contributed by atoms with Gasteiger partial charge in [0.25, 0.3) is 0 Å². The summed E-state index contributed by atoms with van der Waals surface area (Å²) in [6.45, 7) is 2.06. The Morgan fingerprint density at radius 2 is 1.15 bits per heavy atom. The Balaban J connectivity index is 1.63. The fourth-order valence-electron chi connectivity index (χ4n) is 2.35. The maximum Gasteiger partial charge on any atom is 0.314 e. The molecule has 6 N–H and O–H groups in total. The molecule has 0 aliphatic rings. The molecular formula is C19H26N4O3. The summed E-state index contributed by atoms with van der Waals surface area (Å²) in [7, 11) is 0. The van der Waals surface area contributed by atoms with Crippen LogP contribution in [0.2, 0.25) is 0 Å². The lowest BCUT2D eigenvalue weighted by atomic mass is 10.3. The molecule has 0 radical (unpaired) electrons. The van der Waals surface area contributed by atoms with Crippen molar-refractivity contribution in [1.29, 1.82) is 0 Å². The normalized spacial score (nSPS) is 10.3. The number of primary amides is 1. The minimum Gasteiger partial charge on any atom is -0.494 e. The summed E-state index contributed by atoms with van der Waals surface area (Å²) in [5, 5.41) is 0. The van der Waals surface area contributed by atoms with Gasteiger partial charge in [0.15, 0.2) is 0 Å². The molecule has 2 amide bonds. The molecule has 0 bridgehead atoms. The summed E-state index contributed by atoms with van der Waals surface area (Å²) >= 11 is 0. The fourth-order valence-corrected chi connectivity index (χ4v) is 2.35. The summed E-state index contributed by atoms with van der Waals surface area (Å²) in [5.41, 5.74) is 18.1. The predicted octanol–water partition coefficient (Wildman–Crippen LogP) is 2.47. The van der Waals surface area contributed by atoms with Crippen LogP contribution < -0.4 is 26.7 Å². The van der Waals surface area contributed by atoms with Crippen molar-refractivity contribution in [3.63, 3.8) is 0 Å². The van der Waals surface area contributed by atoms with E-state index in [9.17, 15) is 4.79 Å². The third-order valence-electron chi connectivity index (χ3n) is 3.75. The number of rotatable bonds is 10. The van der Waals surface area contributed by atoms with Crippen LogP contribution in [0, 0.1) is 0 Å². The summed E-state index contributed by atoms with van der Waals surface area (Å²) in [4.78, 5) is 13.1. The Morgan fingerprint density at radius 1 is 0.769 bits per heavy atom. The van der Waals surface area contributed by atoms with Crippen molar-refractivity contribution in [2.24, 2.45) is 5.73 Å². The van der Waals surface area contributed by atoms with Crippen LogP contribution in [0.3, 0.4) is 0 Å². The van der Waals surface area contributed by atoms with E-state index in [-0.39, 0.29) is 0 Å². The summed E-state index contributed by atoms with van der Waals surface area (Å²) < 4.78 is 11.2. The van der Waals surface area contributed by atoms with Gasteiger partial charge in [0.05, 0.1) is 13.2 Å². The van der Waals surface area contributed by atoms with Crippen molar-refractivity contribution < 1.29 is 14.3 Å². The number of ether oxygens (including phenoxy) is 2. The minimum atomic E-state index is -0.440. The number of hydrogen-bond donors (Lipinski definition) is 3. The van der Waals surface area contributed by atoms with Gasteiger partial charge in [-0.15, -0.1) is 0 Å². The van der Waals surface area contributed by atoms with Crippen LogP contribution in [-0.2, 0) is 0 Å². The van der Waals surface area contributed by atoms with Gasteiger partial charge in [0, 0.05) is 24.5 Å². The lowest BCUT2D eigenvalue weighted by molar-refractivity contribution is 0.194. The Labute approximate surface area is 153 Å². The second kappa shape index (κ2) is 10.0. The second-order valence-electron chi connectivity index (χ2n) is 5.87. The quantitative estimate of drug-likeness (QED) is 0.445. The van der Waals surface area contributed by atoms with Crippen LogP contribution in [0.1, 0.15) is 12.8 Å². The average molecular weight is 358 g/mol. The molecule has 26 heavy (non-hydrogen) atoms. The van der Waals surface area contributed by atoms with Crippen molar-refractivity contribution in [1.82, 2.24) is 4.90 Å². The van der Waals surface area contributed by atoms with Crippen molar-refractivity contribution in [2.75, 3.05) is 37.8 Å². The molecule has 0 atom stereocenters. The predicted molar refractivity (Wildman–Crippen MR) is 103 cm³/mol. The number of benzene rings is 2. The van der Waals surface area contributed by atoms with E-state index in [1.807, 2.05) is 24.3 Å². The number of nitrogen functional groups attached to an aromatic ring is 2. The van der Waals surface area contributed by atoms with Gasteiger partial charge >= 0.3 is 6.03 Å². The first-order valence-electron chi connectivity index (χ1n) is 8.55. The third-order valence-corrected chi connectivity index (χ3v) is 3.75. The van der Waals surface area contributed by atoms with Crippen molar-refractivity contribution >= 4 is 17.4 Å². The van der Waals surface area contributed by atoms with E-state index in [2.05, 4.69) is 0 Å². The maximum atomic E-state index is 11.5. The van der Waals surface area contributed by atoms with Crippen LogP contribution in [0.15, 0.2) is 48.5 Å². The maximum absolute atomic E-state index is 11.5. The monoisotopic (exact) mass is 358 g/mol. The Hall–Kier alpha value is -3.09. The highest BCUT2D eigenvalue weighted by Gasteiger charge is 2.09. The molecule has 140 valence electrons. The number of hydrogen-bond acceptors (Lipinski definition) is 5. The van der Waals surface area contributed by atoms with Gasteiger partial charge in [-0.1, -0.05) is 0 Å². The summed E-state index contributed by atoms with van der Waals surface area (Å²) in [6.07, 6.45) is 1.37. The number of carbonyl (C=O) groups is 1. The molecular weight excluding hydrogens is 332 g/mol. The summed E-state index contributed by atoms with van der Waals surface area (Å²) in [5.74, 6) is 1.50. The standard InChI is InChI=1S/C19H26N4O3/c20-15-3-7-17(8-4-15)25-13-1-11-23(19(22)24)12-2-14-26-18-9-5-16(21)6-10-18/h3-10H,1-2,11-14,20-21H2,(H2,22,24). The number of nitrogens with two attached hydrogens (primary N) is 3. The number of amides is 2. The van der Waals surface area contributed by atoms with Crippen LogP contribution in [0.5, 0.6) is 11.5 Å². The molecule has 0 unspecified atom stereocenters. The van der Waals surface area contributed by atoms with Gasteiger partial charge in [0.1, 0.15) is 11.5 Å². The Morgan fingerprint density at radius 3 is 1.50 bits per heavy atom. The molecule has 0 fully saturated rings. The second-order valence-corrected chi connectivity index (χ2v) is 5.87. The first-order chi connectivity index (χ1) is 12.5. The van der Waals surface area contributed by atoms with Crippen molar-refractivity contribution in [3.8, 4) is 11.5 Å². The molecule has 2 aromatic rings. The molecule has 0 heterocycles. The Kier molecular flexibility index (Phi) is 7.42. The van der Waals surface area contributed by atoms with E-state index >= 15 is 0 Å². The molecule has 0 aliphatic carbocycles. The van der Waals surface area contributed by atoms with Gasteiger partial charge < -0.3 is 31.6 Å². The van der Waals surface area contributed by atoms with Gasteiger partial charge in [-0.25, -0.2) is 4.79 Å². The highest BCUT2D eigenvalue weighted by molar-refractivity contribution is 5.71. The fraction of sp³-hybridized carbons (Fsp3) is 0.316. The zero-order valence-electron chi connectivity index (χ0n) is 14.8. The smallest absolute Gasteiger partial charge is 0.314 e. The largest absolute Gasteiger partial charge is 0.494 e. The van der Waals surface area contributed by atoms with Crippen LogP contribution >= 0.6 is 0 Å². The average Bonchev–Trinajstić information content (AvgIpc) is 2.63. The zero-order valence-corrected chi connectivity index (χ0v) is 14.8. The SMILES string of the molecule is NC(=O)N(CCCOc1ccc(N)cc1)CCCOc1ccc(N)cc1. The Bertz CT molecular complexity index is 621. The number of nitrogens with zero attached hydrogens (tertiary/aromatic N) is 1. The lowest BCUT2D eigenvalue weighted by Crippen LogP contribution is -2.38. The van der Waals surface area contributed by atoms with E-state index in [0.717, 1.165) is 11.5 Å². The van der Waals surface area contributed by atoms with E-state index in [4.69, 9.17) is 26.7 Å². The lowest BCUT2D eigenvalue weighted by Gasteiger charge is -2.20. The van der Waals surface area contributed by atoms with Crippen molar-refractivity contribution in [2.45, 2.75) is 12.8 Å². The van der Waals surface area contributed by atoms with Crippen LogP contribution in [0.4, 0.5) is 16.2 Å². The molecule has 0 saturated heterocycles. The first kappa shape index (κ1) is 19.2. The molecule has 2 aromatic carbocycles. The van der Waals surface area contributed by atoms with E-state index < -0.39 is 6.03 Å². The topological polar surface area (TPSA) is 117 Å². The van der Waals surface area contributed by atoms with E-state index in [1.165, 1.54) is 0 Å². The molecule has 7 nitrogen and oxygen atoms in total. The molecule has 0 saturated carbocycles.